The quantitative estimate of drug-likeness (QED) is 0.507. The van der Waals surface area contributed by atoms with Crippen molar-refractivity contribution in [1.82, 2.24) is 0 Å². The number of aliphatic hydroxyl groups excluding tert-OH is 4. The van der Waals surface area contributed by atoms with Gasteiger partial charge in [-0.15, -0.1) is 0 Å². The van der Waals surface area contributed by atoms with Crippen molar-refractivity contribution in [2.24, 2.45) is 0 Å². The Labute approximate surface area is 115 Å². The zero-order chi connectivity index (χ0) is 14.6. The molecule has 0 aromatic heterocycles. The molecule has 0 radical (unpaired) electrons. The van der Waals surface area contributed by atoms with Crippen molar-refractivity contribution in [3.05, 3.63) is 0 Å². The average Bonchev–Trinajstić information content (AvgIpc) is 2.36. The van der Waals surface area contributed by atoms with Crippen LogP contribution in [0.4, 0.5) is 0 Å². The van der Waals surface area contributed by atoms with Gasteiger partial charge in [-0.1, -0.05) is 19.8 Å². The summed E-state index contributed by atoms with van der Waals surface area (Å²) in [5, 5.41) is 38.6. The molecule has 0 unspecified atom stereocenters. The molecule has 0 spiro atoms. The molecule has 7 heteroatoms. The number of rotatable bonds is 6. The second kappa shape index (κ2) is 7.12. The predicted octanol–water partition coefficient (Wildman–Crippen LogP) is -0.192. The van der Waals surface area contributed by atoms with Gasteiger partial charge in [0.05, 0.1) is 6.61 Å². The van der Waals surface area contributed by atoms with Gasteiger partial charge in [-0.05, 0) is 19.1 Å². The summed E-state index contributed by atoms with van der Waals surface area (Å²) < 4.78 is 10.9. The molecular formula is C12H26O6Si. The number of hydrogen-bond donors (Lipinski definition) is 4. The summed E-state index contributed by atoms with van der Waals surface area (Å²) in [6, 6.07) is 0.916. The van der Waals surface area contributed by atoms with Gasteiger partial charge in [-0.25, -0.2) is 0 Å². The fourth-order valence-corrected chi connectivity index (χ4v) is 4.54. The van der Waals surface area contributed by atoms with Crippen molar-refractivity contribution >= 4 is 8.32 Å². The van der Waals surface area contributed by atoms with Gasteiger partial charge in [0, 0.05) is 0 Å². The molecule has 0 aromatic rings. The van der Waals surface area contributed by atoms with Crippen molar-refractivity contribution in [3.8, 4) is 0 Å². The highest BCUT2D eigenvalue weighted by atomic mass is 28.4. The molecule has 1 rings (SSSR count). The third-order valence-electron chi connectivity index (χ3n) is 3.43. The van der Waals surface area contributed by atoms with Gasteiger partial charge in [0.15, 0.2) is 14.6 Å². The highest BCUT2D eigenvalue weighted by molar-refractivity contribution is 6.71. The minimum absolute atomic E-state index is 0.460. The van der Waals surface area contributed by atoms with Crippen LogP contribution in [0.25, 0.3) is 0 Å². The first-order chi connectivity index (χ1) is 8.82. The third kappa shape index (κ3) is 4.49. The van der Waals surface area contributed by atoms with E-state index in [0.29, 0.717) is 0 Å². The molecule has 4 N–H and O–H groups in total. The fourth-order valence-electron chi connectivity index (χ4n) is 2.23. The van der Waals surface area contributed by atoms with Gasteiger partial charge in [0.2, 0.25) is 0 Å². The Hall–Kier alpha value is -0.0231. The summed E-state index contributed by atoms with van der Waals surface area (Å²) in [6.45, 7) is 5.64. The van der Waals surface area contributed by atoms with Crippen LogP contribution in [0.15, 0.2) is 0 Å². The molecule has 1 saturated heterocycles. The summed E-state index contributed by atoms with van der Waals surface area (Å²) in [4.78, 5) is 0. The van der Waals surface area contributed by atoms with Crippen LogP contribution >= 0.6 is 0 Å². The lowest BCUT2D eigenvalue weighted by Gasteiger charge is -2.42. The molecule has 1 heterocycles. The molecule has 1 aliphatic rings. The van der Waals surface area contributed by atoms with Crippen molar-refractivity contribution < 1.29 is 29.6 Å². The molecule has 1 fully saturated rings. The maximum absolute atomic E-state index is 9.99. The largest absolute Gasteiger partial charge is 0.407 e. The summed E-state index contributed by atoms with van der Waals surface area (Å²) in [7, 11) is -2.03. The van der Waals surface area contributed by atoms with E-state index in [0.717, 1.165) is 18.9 Å². The van der Waals surface area contributed by atoms with Crippen LogP contribution in [-0.2, 0) is 9.16 Å². The summed E-state index contributed by atoms with van der Waals surface area (Å²) in [5.41, 5.74) is 0. The lowest BCUT2D eigenvalue weighted by molar-refractivity contribution is -0.282. The van der Waals surface area contributed by atoms with Crippen molar-refractivity contribution in [3.63, 3.8) is 0 Å². The van der Waals surface area contributed by atoms with Crippen LogP contribution in [-0.4, -0.2) is 66.1 Å². The third-order valence-corrected chi connectivity index (χ3v) is 5.90. The minimum atomic E-state index is -2.03. The Bertz CT molecular complexity index is 275. The molecule has 0 bridgehead atoms. The average molecular weight is 294 g/mol. The Kier molecular flexibility index (Phi) is 6.38. The lowest BCUT2D eigenvalue weighted by Crippen LogP contribution is -2.61. The molecule has 1 aliphatic heterocycles. The smallest absolute Gasteiger partial charge is 0.187 e. The highest BCUT2D eigenvalue weighted by Crippen LogP contribution is 2.27. The Morgan fingerprint density at radius 1 is 1.16 bits per heavy atom. The van der Waals surface area contributed by atoms with E-state index in [-0.39, 0.29) is 0 Å². The van der Waals surface area contributed by atoms with Gasteiger partial charge in [-0.3, -0.25) is 0 Å². The monoisotopic (exact) mass is 294 g/mol. The summed E-state index contributed by atoms with van der Waals surface area (Å²) in [6.07, 6.45) is -3.70. The van der Waals surface area contributed by atoms with E-state index in [2.05, 4.69) is 6.92 Å². The lowest BCUT2D eigenvalue weighted by atomic mass is 9.99. The van der Waals surface area contributed by atoms with Gasteiger partial charge < -0.3 is 29.6 Å². The normalized spacial score (nSPS) is 36.5. The maximum Gasteiger partial charge on any atom is 0.187 e. The zero-order valence-corrected chi connectivity index (χ0v) is 12.8. The second-order valence-corrected chi connectivity index (χ2v) is 9.93. The summed E-state index contributed by atoms with van der Waals surface area (Å²) >= 11 is 0. The number of ether oxygens (including phenoxy) is 1. The van der Waals surface area contributed by atoms with E-state index in [4.69, 9.17) is 14.3 Å². The van der Waals surface area contributed by atoms with E-state index in [1.807, 2.05) is 13.1 Å². The van der Waals surface area contributed by atoms with Crippen LogP contribution in [0, 0.1) is 0 Å². The first-order valence-corrected chi connectivity index (χ1v) is 9.92. The second-order valence-electron chi connectivity index (χ2n) is 5.67. The van der Waals surface area contributed by atoms with Crippen LogP contribution in [0.3, 0.4) is 0 Å². The van der Waals surface area contributed by atoms with Crippen LogP contribution < -0.4 is 0 Å². The van der Waals surface area contributed by atoms with Crippen molar-refractivity contribution in [1.29, 1.82) is 0 Å². The van der Waals surface area contributed by atoms with E-state index < -0.39 is 45.6 Å². The van der Waals surface area contributed by atoms with E-state index in [1.165, 1.54) is 0 Å². The SMILES string of the molecule is CCCC[Si](C)(C)O[C@@H]1[C@@H](O)[C@H](O)[C@@H](CO)O[C@H]1O. The molecular weight excluding hydrogens is 268 g/mol. The first kappa shape index (κ1) is 17.0. The zero-order valence-electron chi connectivity index (χ0n) is 11.8. The number of hydrogen-bond acceptors (Lipinski definition) is 6. The van der Waals surface area contributed by atoms with Crippen molar-refractivity contribution in [2.75, 3.05) is 6.61 Å². The van der Waals surface area contributed by atoms with Gasteiger partial charge >= 0.3 is 0 Å². The minimum Gasteiger partial charge on any atom is -0.407 e. The van der Waals surface area contributed by atoms with E-state index in [1.54, 1.807) is 0 Å². The van der Waals surface area contributed by atoms with Crippen LogP contribution in [0.5, 0.6) is 0 Å². The Balaban J connectivity index is 2.66. The molecule has 0 aliphatic carbocycles. The molecule has 114 valence electrons. The Morgan fingerprint density at radius 2 is 1.79 bits per heavy atom. The van der Waals surface area contributed by atoms with Crippen LogP contribution in [0.2, 0.25) is 19.1 Å². The first-order valence-electron chi connectivity index (χ1n) is 6.80. The van der Waals surface area contributed by atoms with Gasteiger partial charge in [0.25, 0.3) is 0 Å². The van der Waals surface area contributed by atoms with Gasteiger partial charge in [-0.2, -0.15) is 0 Å². The molecule has 5 atom stereocenters. The maximum atomic E-state index is 9.99. The number of unbranched alkanes of at least 4 members (excludes halogenated alkanes) is 1. The molecule has 0 amide bonds. The highest BCUT2D eigenvalue weighted by Gasteiger charge is 2.46. The molecule has 6 nitrogen and oxygen atoms in total. The standard InChI is InChI=1S/C12H26O6Si/c1-4-5-6-19(2,3)18-11-10(15)9(14)8(7-13)17-12(11)16/h8-16H,4-7H2,1-3H3/t8-,9-,10+,11-,12-/m1/s1. The van der Waals surface area contributed by atoms with Crippen molar-refractivity contribution in [2.45, 2.75) is 69.6 Å². The van der Waals surface area contributed by atoms with Crippen LogP contribution in [0.1, 0.15) is 19.8 Å². The van der Waals surface area contributed by atoms with Gasteiger partial charge in [0.1, 0.15) is 24.4 Å². The topological polar surface area (TPSA) is 99.4 Å². The molecule has 0 aromatic carbocycles. The summed E-state index contributed by atoms with van der Waals surface area (Å²) in [5.74, 6) is 0. The molecule has 19 heavy (non-hydrogen) atoms. The van der Waals surface area contributed by atoms with E-state index in [9.17, 15) is 15.3 Å². The fraction of sp³-hybridized carbons (Fsp3) is 1.00. The Morgan fingerprint density at radius 3 is 2.32 bits per heavy atom. The molecule has 0 saturated carbocycles. The van der Waals surface area contributed by atoms with E-state index >= 15 is 0 Å². The number of aliphatic hydroxyl groups is 4. The predicted molar refractivity (Wildman–Crippen MR) is 72.0 cm³/mol.